The lowest BCUT2D eigenvalue weighted by molar-refractivity contribution is 0.550. The van der Waals surface area contributed by atoms with Crippen molar-refractivity contribution in [1.29, 1.82) is 0 Å². The van der Waals surface area contributed by atoms with E-state index in [-0.39, 0.29) is 10.5 Å². The van der Waals surface area contributed by atoms with E-state index in [9.17, 15) is 8.42 Å². The molecule has 0 saturated carbocycles. The smallest absolute Gasteiger partial charge is 0.246 e. The van der Waals surface area contributed by atoms with Gasteiger partial charge in [0.25, 0.3) is 0 Å². The van der Waals surface area contributed by atoms with Gasteiger partial charge in [0.2, 0.25) is 15.0 Å². The number of rotatable bonds is 10. The molecule has 2 aromatic rings. The second-order valence-corrected chi connectivity index (χ2v) is 32.7. The van der Waals surface area contributed by atoms with E-state index in [4.69, 9.17) is 8.23 Å². The van der Waals surface area contributed by atoms with Crippen LogP contribution in [0.4, 0.5) is 0 Å². The quantitative estimate of drug-likeness (QED) is 0.219. The minimum absolute atomic E-state index is 0.0221. The van der Waals surface area contributed by atoms with Gasteiger partial charge in [0.05, 0.1) is 5.38 Å². The van der Waals surface area contributed by atoms with Crippen LogP contribution in [-0.2, 0) is 18.1 Å². The summed E-state index contributed by atoms with van der Waals surface area (Å²) in [5, 5.41) is 1.78. The summed E-state index contributed by atoms with van der Waals surface area (Å²) in [6, 6.07) is 3.44. The van der Waals surface area contributed by atoms with Crippen LogP contribution in [0.3, 0.4) is 0 Å². The van der Waals surface area contributed by atoms with Crippen LogP contribution in [0.15, 0.2) is 47.2 Å². The highest BCUT2D eigenvalue weighted by atomic mass is 32.2. The molecule has 0 unspecified atom stereocenters. The topological polar surface area (TPSA) is 104 Å². The first-order valence-electron chi connectivity index (χ1n) is 11.1. The fraction of sp³-hybridized carbons (Fsp3) is 0.600. The van der Waals surface area contributed by atoms with E-state index >= 15 is 0 Å². The van der Waals surface area contributed by atoms with Crippen LogP contribution >= 0.6 is 11.8 Å². The van der Waals surface area contributed by atoms with Gasteiger partial charge >= 0.3 is 0 Å². The van der Waals surface area contributed by atoms with Gasteiger partial charge in [-0.1, -0.05) is 11.8 Å². The number of sulfone groups is 1. The monoisotopic (exact) mass is 576 g/mol. The van der Waals surface area contributed by atoms with Crippen LogP contribution in [0.5, 0.6) is 0 Å². The second kappa shape index (κ2) is 12.5. The third kappa shape index (κ3) is 14.0. The van der Waals surface area contributed by atoms with Crippen molar-refractivity contribution in [3.63, 3.8) is 0 Å². The Labute approximate surface area is 214 Å². The Morgan fingerprint density at radius 1 is 0.706 bits per heavy atom. The number of hydrogen-bond donors (Lipinski definition) is 0. The first-order valence-corrected chi connectivity index (χ1v) is 26.8. The molecule has 0 bridgehead atoms. The number of nitrogens with zero attached hydrogens (tertiary/aromatic N) is 4. The Morgan fingerprint density at radius 3 is 1.56 bits per heavy atom. The van der Waals surface area contributed by atoms with Crippen LogP contribution in [-0.4, -0.2) is 72.4 Å². The molecular formula is C20H40N4O4S2Si4. The molecule has 14 heteroatoms. The Hall–Kier alpha value is -0.752. The maximum absolute atomic E-state index is 12.2. The number of aromatic nitrogens is 4. The minimum atomic E-state index is -3.45. The third-order valence-electron chi connectivity index (χ3n) is 3.61. The SMILES string of the molecule is C[Si](C)(C)O[Si](C)(C)CS(=O)(=O)c1ncccn1.C[Si](C)(C)O[Si](C)(C)CSc1ncccn1. The standard InChI is InChI=1S/C10H20N2O3SSi2.C10H20N2OSSi2/c1-17(2,3)15-18(4,5)9-16(13,14)10-11-7-6-8-12-10;1-15(2,3)13-16(4,5)9-14-10-11-7-6-8-12-10/h6-8H,9H2,1-5H3;6-8H,9H2,1-5H3. The van der Waals surface area contributed by atoms with Crippen molar-refractivity contribution in [2.45, 2.75) is 75.8 Å². The molecule has 192 valence electrons. The van der Waals surface area contributed by atoms with E-state index in [0.717, 1.165) is 10.5 Å². The summed E-state index contributed by atoms with van der Waals surface area (Å²) in [6.07, 6.45) is 6.44. The van der Waals surface area contributed by atoms with Gasteiger partial charge in [-0.25, -0.2) is 28.4 Å². The average Bonchev–Trinajstić information content (AvgIpc) is 2.64. The van der Waals surface area contributed by atoms with Gasteiger partial charge < -0.3 is 8.23 Å². The molecule has 8 nitrogen and oxygen atoms in total. The third-order valence-corrected chi connectivity index (χ3v) is 21.8. The van der Waals surface area contributed by atoms with Crippen molar-refractivity contribution in [1.82, 2.24) is 19.9 Å². The van der Waals surface area contributed by atoms with Crippen molar-refractivity contribution in [3.05, 3.63) is 36.9 Å². The van der Waals surface area contributed by atoms with Gasteiger partial charge in [0.15, 0.2) is 38.4 Å². The summed E-state index contributed by atoms with van der Waals surface area (Å²) in [5.41, 5.74) is 0. The predicted octanol–water partition coefficient (Wildman–Crippen LogP) is 5.01. The second-order valence-electron chi connectivity index (χ2n) is 11.1. The summed E-state index contributed by atoms with van der Waals surface area (Å²) < 4.78 is 36.6. The Kier molecular flexibility index (Phi) is 11.5. The summed E-state index contributed by atoms with van der Waals surface area (Å²) in [4.78, 5) is 16.0. The Bertz CT molecular complexity index is 985. The van der Waals surface area contributed by atoms with Gasteiger partial charge in [-0.05, 0) is 77.6 Å². The fourth-order valence-corrected chi connectivity index (χ4v) is 24.9. The van der Waals surface area contributed by atoms with Crippen LogP contribution in [0.2, 0.25) is 65.5 Å². The van der Waals surface area contributed by atoms with Gasteiger partial charge in [-0.2, -0.15) is 0 Å². The molecule has 0 aromatic carbocycles. The average molecular weight is 577 g/mol. The normalized spacial score (nSPS) is 13.2. The van der Waals surface area contributed by atoms with Crippen LogP contribution in [0.1, 0.15) is 0 Å². The fourth-order valence-electron chi connectivity index (χ4n) is 3.28. The van der Waals surface area contributed by atoms with Gasteiger partial charge in [0.1, 0.15) is 0 Å². The number of thioether (sulfide) groups is 1. The summed E-state index contributed by atoms with van der Waals surface area (Å²) in [6.45, 7) is 21.3. The highest BCUT2D eigenvalue weighted by molar-refractivity contribution is 8.00. The van der Waals surface area contributed by atoms with Crippen LogP contribution in [0.25, 0.3) is 0 Å². The van der Waals surface area contributed by atoms with Crippen molar-refractivity contribution in [3.8, 4) is 0 Å². The van der Waals surface area contributed by atoms with Gasteiger partial charge in [-0.3, -0.25) is 0 Å². The van der Waals surface area contributed by atoms with Gasteiger partial charge in [-0.15, -0.1) is 0 Å². The maximum Gasteiger partial charge on any atom is 0.246 e. The molecule has 0 atom stereocenters. The zero-order chi connectivity index (χ0) is 26.3. The van der Waals surface area contributed by atoms with Crippen LogP contribution < -0.4 is 0 Å². The van der Waals surface area contributed by atoms with E-state index in [1.807, 2.05) is 19.2 Å². The summed E-state index contributed by atoms with van der Waals surface area (Å²) in [5.74, 6) is 0. The van der Waals surface area contributed by atoms with E-state index in [1.54, 1.807) is 30.2 Å². The first kappa shape index (κ1) is 31.3. The van der Waals surface area contributed by atoms with E-state index in [2.05, 4.69) is 72.3 Å². The molecule has 0 saturated heterocycles. The molecule has 34 heavy (non-hydrogen) atoms. The molecule has 0 aliphatic rings. The molecule has 2 rings (SSSR count). The molecule has 2 heterocycles. The van der Waals surface area contributed by atoms with E-state index < -0.39 is 43.1 Å². The Morgan fingerprint density at radius 2 is 1.12 bits per heavy atom. The van der Waals surface area contributed by atoms with E-state index in [1.165, 1.54) is 12.4 Å². The summed E-state index contributed by atoms with van der Waals surface area (Å²) in [7, 11) is -10.5. The van der Waals surface area contributed by atoms with Crippen molar-refractivity contribution in [2.75, 3.05) is 10.8 Å². The molecule has 0 amide bonds. The highest BCUT2D eigenvalue weighted by Crippen LogP contribution is 2.22. The highest BCUT2D eigenvalue weighted by Gasteiger charge is 2.36. The van der Waals surface area contributed by atoms with Gasteiger partial charge in [0, 0.05) is 30.2 Å². The summed E-state index contributed by atoms with van der Waals surface area (Å²) >= 11 is 1.70. The lowest BCUT2D eigenvalue weighted by Gasteiger charge is -2.30. The number of hydrogen-bond acceptors (Lipinski definition) is 9. The zero-order valence-electron chi connectivity index (χ0n) is 22.1. The zero-order valence-corrected chi connectivity index (χ0v) is 27.7. The predicted molar refractivity (Wildman–Crippen MR) is 151 cm³/mol. The first-order chi connectivity index (χ1) is 15.3. The van der Waals surface area contributed by atoms with Crippen LogP contribution in [0, 0.1) is 0 Å². The van der Waals surface area contributed by atoms with Crippen molar-refractivity contribution < 1.29 is 16.6 Å². The molecule has 0 N–H and O–H groups in total. The Balaban J connectivity index is 0.000000342. The largest absolute Gasteiger partial charge is 0.455 e. The molecule has 0 aliphatic heterocycles. The van der Waals surface area contributed by atoms with Crippen molar-refractivity contribution in [2.24, 2.45) is 0 Å². The lowest BCUT2D eigenvalue weighted by atomic mass is 10.7. The molecule has 0 spiro atoms. The molecule has 0 radical (unpaired) electrons. The minimum Gasteiger partial charge on any atom is -0.455 e. The molecule has 0 fully saturated rings. The maximum atomic E-state index is 12.2. The molecular weight excluding hydrogens is 537 g/mol. The lowest BCUT2D eigenvalue weighted by Crippen LogP contribution is -2.47. The van der Waals surface area contributed by atoms with E-state index in [0.29, 0.717) is 0 Å². The van der Waals surface area contributed by atoms with Crippen molar-refractivity contribution >= 4 is 54.9 Å². The molecule has 0 aliphatic carbocycles. The molecule has 2 aromatic heterocycles.